The molecule has 2 N–H and O–H groups in total. The molecule has 0 spiro atoms. The normalized spacial score (nSPS) is 13.6. The quantitative estimate of drug-likeness (QED) is 0.596. The van der Waals surface area contributed by atoms with Crippen LogP contribution in [0, 0.1) is 0 Å². The van der Waals surface area contributed by atoms with Crippen LogP contribution in [-0.2, 0) is 14.3 Å². The summed E-state index contributed by atoms with van der Waals surface area (Å²) in [6, 6.07) is 3.83. The van der Waals surface area contributed by atoms with Crippen molar-refractivity contribution in [2.24, 2.45) is 0 Å². The standard InChI is InChI=1S/C14H16ClF3N2O4/c1-4-24-12(22)13(14(16,17)18,19-8(2)21)20-10-7-9(15)5-6-11(10)23-3/h5-7,20H,4H2,1-3H3,(H,19,21). The maximum Gasteiger partial charge on any atom is 0.441 e. The van der Waals surface area contributed by atoms with Gasteiger partial charge in [0.05, 0.1) is 19.4 Å². The lowest BCUT2D eigenvalue weighted by atomic mass is 10.1. The summed E-state index contributed by atoms with van der Waals surface area (Å²) in [5, 5.41) is 3.65. The van der Waals surface area contributed by atoms with Gasteiger partial charge in [0.2, 0.25) is 5.91 Å². The number of carbonyl (C=O) groups excluding carboxylic acids is 2. The maximum atomic E-state index is 13.7. The van der Waals surface area contributed by atoms with Crippen molar-refractivity contribution in [1.29, 1.82) is 0 Å². The van der Waals surface area contributed by atoms with E-state index in [9.17, 15) is 22.8 Å². The van der Waals surface area contributed by atoms with Crippen molar-refractivity contribution in [1.82, 2.24) is 5.32 Å². The van der Waals surface area contributed by atoms with Gasteiger partial charge in [-0.15, -0.1) is 0 Å². The SMILES string of the molecule is CCOC(=O)C(NC(C)=O)(Nc1cc(Cl)ccc1OC)C(F)(F)F. The molecule has 1 aromatic rings. The van der Waals surface area contributed by atoms with Crippen LogP contribution in [0.5, 0.6) is 5.75 Å². The van der Waals surface area contributed by atoms with E-state index in [1.165, 1.54) is 26.2 Å². The Balaban J connectivity index is 3.49. The van der Waals surface area contributed by atoms with E-state index in [0.717, 1.165) is 13.0 Å². The second-order valence-electron chi connectivity index (χ2n) is 4.62. The van der Waals surface area contributed by atoms with E-state index in [4.69, 9.17) is 16.3 Å². The summed E-state index contributed by atoms with van der Waals surface area (Å²) in [6.45, 7) is 1.87. The first kappa shape index (κ1) is 19.9. The van der Waals surface area contributed by atoms with E-state index in [2.05, 4.69) is 4.74 Å². The Morgan fingerprint density at radius 1 is 1.29 bits per heavy atom. The van der Waals surface area contributed by atoms with Gasteiger partial charge in [-0.25, -0.2) is 4.79 Å². The number of rotatable bonds is 6. The number of ether oxygens (including phenoxy) is 2. The summed E-state index contributed by atoms with van der Waals surface area (Å²) in [5.74, 6) is -2.81. The fourth-order valence-corrected chi connectivity index (χ4v) is 2.05. The first-order valence-electron chi connectivity index (χ1n) is 6.71. The Bertz CT molecular complexity index is 625. The number of hydrogen-bond acceptors (Lipinski definition) is 5. The Kier molecular flexibility index (Phi) is 6.30. The highest BCUT2D eigenvalue weighted by atomic mass is 35.5. The van der Waals surface area contributed by atoms with Gasteiger partial charge >= 0.3 is 17.8 Å². The van der Waals surface area contributed by atoms with Crippen LogP contribution < -0.4 is 15.4 Å². The van der Waals surface area contributed by atoms with Crippen LogP contribution in [0.25, 0.3) is 0 Å². The molecule has 0 bridgehead atoms. The molecule has 1 atom stereocenters. The van der Waals surface area contributed by atoms with Gasteiger partial charge in [-0.05, 0) is 25.1 Å². The summed E-state index contributed by atoms with van der Waals surface area (Å²) in [4.78, 5) is 23.4. The van der Waals surface area contributed by atoms with Crippen LogP contribution in [-0.4, -0.2) is 37.4 Å². The van der Waals surface area contributed by atoms with Crippen LogP contribution in [0.2, 0.25) is 5.02 Å². The number of halogens is 4. The van der Waals surface area contributed by atoms with Gasteiger partial charge in [0.25, 0.3) is 0 Å². The number of esters is 1. The van der Waals surface area contributed by atoms with E-state index in [1.807, 2.05) is 5.32 Å². The average molecular weight is 369 g/mol. The lowest BCUT2D eigenvalue weighted by Gasteiger charge is -2.35. The molecule has 1 unspecified atom stereocenters. The molecule has 0 aliphatic heterocycles. The average Bonchev–Trinajstić information content (AvgIpc) is 2.45. The number of anilines is 1. The minimum atomic E-state index is -5.21. The molecule has 0 fully saturated rings. The zero-order valence-corrected chi connectivity index (χ0v) is 13.8. The minimum Gasteiger partial charge on any atom is -0.495 e. The van der Waals surface area contributed by atoms with E-state index < -0.39 is 23.7 Å². The van der Waals surface area contributed by atoms with Crippen LogP contribution in [0.15, 0.2) is 18.2 Å². The molecule has 0 radical (unpaired) electrons. The predicted molar refractivity (Wildman–Crippen MR) is 80.9 cm³/mol. The van der Waals surface area contributed by atoms with Gasteiger partial charge in [0.1, 0.15) is 5.75 Å². The molecule has 1 aromatic carbocycles. The van der Waals surface area contributed by atoms with E-state index in [1.54, 1.807) is 5.32 Å². The van der Waals surface area contributed by atoms with Gasteiger partial charge < -0.3 is 20.1 Å². The molecule has 10 heteroatoms. The lowest BCUT2D eigenvalue weighted by Crippen LogP contribution is -2.69. The minimum absolute atomic E-state index is 0.0114. The molecule has 1 rings (SSSR count). The van der Waals surface area contributed by atoms with Crippen LogP contribution in [0.3, 0.4) is 0 Å². The van der Waals surface area contributed by atoms with E-state index >= 15 is 0 Å². The number of carbonyl (C=O) groups is 2. The van der Waals surface area contributed by atoms with Crippen molar-refractivity contribution in [2.75, 3.05) is 19.0 Å². The lowest BCUT2D eigenvalue weighted by molar-refractivity contribution is -0.207. The molecule has 6 nitrogen and oxygen atoms in total. The topological polar surface area (TPSA) is 76.7 Å². The van der Waals surface area contributed by atoms with E-state index in [0.29, 0.717) is 0 Å². The number of benzene rings is 1. The molecular formula is C14H16ClF3N2O4. The third-order valence-electron chi connectivity index (χ3n) is 2.85. The van der Waals surface area contributed by atoms with Crippen LogP contribution >= 0.6 is 11.6 Å². The van der Waals surface area contributed by atoms with Crippen molar-refractivity contribution in [3.8, 4) is 5.75 Å². The number of amides is 1. The second kappa shape index (κ2) is 7.61. The predicted octanol–water partition coefficient (Wildman–Crippen LogP) is 2.72. The molecule has 134 valence electrons. The summed E-state index contributed by atoms with van der Waals surface area (Å²) < 4.78 is 50.5. The highest BCUT2D eigenvalue weighted by molar-refractivity contribution is 6.31. The van der Waals surface area contributed by atoms with Crippen molar-refractivity contribution < 1.29 is 32.2 Å². The first-order valence-corrected chi connectivity index (χ1v) is 7.09. The fraction of sp³-hybridized carbons (Fsp3) is 0.429. The Hall–Kier alpha value is -2.16. The van der Waals surface area contributed by atoms with Gasteiger partial charge in [0.15, 0.2) is 0 Å². The summed E-state index contributed by atoms with van der Waals surface area (Å²) >= 11 is 5.78. The van der Waals surface area contributed by atoms with Crippen molar-refractivity contribution in [2.45, 2.75) is 25.7 Å². The molecule has 24 heavy (non-hydrogen) atoms. The Labute approximate surface area is 141 Å². The largest absolute Gasteiger partial charge is 0.495 e. The van der Waals surface area contributed by atoms with Gasteiger partial charge in [-0.1, -0.05) is 11.6 Å². The zero-order chi connectivity index (χ0) is 18.5. The van der Waals surface area contributed by atoms with Gasteiger partial charge in [0, 0.05) is 11.9 Å². The molecule has 0 aromatic heterocycles. The maximum absolute atomic E-state index is 13.7. The highest BCUT2D eigenvalue weighted by Crippen LogP contribution is 2.37. The molecule has 0 aliphatic rings. The monoisotopic (exact) mass is 368 g/mol. The van der Waals surface area contributed by atoms with Gasteiger partial charge in [-0.2, -0.15) is 13.2 Å². The number of hydrogen-bond donors (Lipinski definition) is 2. The zero-order valence-electron chi connectivity index (χ0n) is 13.1. The third kappa shape index (κ3) is 4.22. The Morgan fingerprint density at radius 3 is 2.38 bits per heavy atom. The fourth-order valence-electron chi connectivity index (χ4n) is 1.87. The van der Waals surface area contributed by atoms with Crippen molar-refractivity contribution >= 4 is 29.2 Å². The molecular weight excluding hydrogens is 353 g/mol. The van der Waals surface area contributed by atoms with Crippen molar-refractivity contribution in [3.63, 3.8) is 0 Å². The first-order chi connectivity index (χ1) is 11.1. The van der Waals surface area contributed by atoms with Crippen LogP contribution in [0.4, 0.5) is 18.9 Å². The highest BCUT2D eigenvalue weighted by Gasteiger charge is 2.63. The number of alkyl halides is 3. The molecule has 1 amide bonds. The van der Waals surface area contributed by atoms with Gasteiger partial charge in [-0.3, -0.25) is 4.79 Å². The van der Waals surface area contributed by atoms with E-state index in [-0.39, 0.29) is 23.1 Å². The van der Waals surface area contributed by atoms with Crippen LogP contribution in [0.1, 0.15) is 13.8 Å². The number of nitrogens with one attached hydrogen (secondary N) is 2. The van der Waals surface area contributed by atoms with Crippen molar-refractivity contribution in [3.05, 3.63) is 23.2 Å². The third-order valence-corrected chi connectivity index (χ3v) is 3.09. The molecule has 0 aliphatic carbocycles. The summed E-state index contributed by atoms with van der Waals surface area (Å²) in [7, 11) is 1.23. The number of methoxy groups -OCH3 is 1. The summed E-state index contributed by atoms with van der Waals surface area (Å²) in [5.41, 5.74) is -3.74. The molecule has 0 saturated carbocycles. The summed E-state index contributed by atoms with van der Waals surface area (Å²) in [6.07, 6.45) is -5.21. The molecule has 0 heterocycles. The molecule has 0 saturated heterocycles. The smallest absolute Gasteiger partial charge is 0.441 e. The Morgan fingerprint density at radius 2 is 1.92 bits per heavy atom. The second-order valence-corrected chi connectivity index (χ2v) is 5.06.